The molecule has 0 fully saturated rings. The van der Waals surface area contributed by atoms with Crippen molar-refractivity contribution in [2.24, 2.45) is 0 Å². The third-order valence-corrected chi connectivity index (χ3v) is 2.07. The number of carbonyl (C=O) groups excluding carboxylic acids is 1. The van der Waals surface area contributed by atoms with Gasteiger partial charge in [0.25, 0.3) is 5.91 Å². The molecule has 16 heavy (non-hydrogen) atoms. The van der Waals surface area contributed by atoms with Gasteiger partial charge in [0.05, 0.1) is 0 Å². The van der Waals surface area contributed by atoms with Crippen LogP contribution < -0.4 is 5.32 Å². The van der Waals surface area contributed by atoms with Gasteiger partial charge in [-0.05, 0) is 30.7 Å². The number of unbranched alkanes of at least 4 members (excludes halogenated alkanes) is 1. The Labute approximate surface area is 95.5 Å². The van der Waals surface area contributed by atoms with Crippen molar-refractivity contribution in [2.75, 3.05) is 13.7 Å². The van der Waals surface area contributed by atoms with Crippen LogP contribution in [0.15, 0.2) is 24.3 Å². The first-order valence-electron chi connectivity index (χ1n) is 5.20. The number of aliphatic hydroxyl groups excluding tert-OH is 1. The van der Waals surface area contributed by atoms with Gasteiger partial charge < -0.3 is 10.4 Å². The lowest BCUT2D eigenvalue weighted by Crippen LogP contribution is -2.17. The first-order chi connectivity index (χ1) is 7.77. The molecule has 1 amide bonds. The summed E-state index contributed by atoms with van der Waals surface area (Å²) in [7, 11) is 1.60. The number of amides is 1. The van der Waals surface area contributed by atoms with E-state index in [0.29, 0.717) is 18.4 Å². The molecule has 0 aliphatic rings. The van der Waals surface area contributed by atoms with Crippen LogP contribution in [0.4, 0.5) is 0 Å². The van der Waals surface area contributed by atoms with Crippen molar-refractivity contribution in [3.63, 3.8) is 0 Å². The summed E-state index contributed by atoms with van der Waals surface area (Å²) in [5.74, 6) is 5.83. The molecule has 0 spiro atoms. The summed E-state index contributed by atoms with van der Waals surface area (Å²) in [5.41, 5.74) is 1.51. The maximum Gasteiger partial charge on any atom is 0.251 e. The van der Waals surface area contributed by atoms with Crippen LogP contribution >= 0.6 is 0 Å². The van der Waals surface area contributed by atoms with E-state index in [9.17, 15) is 4.79 Å². The van der Waals surface area contributed by atoms with Gasteiger partial charge in [-0.3, -0.25) is 4.79 Å². The molecule has 0 atom stereocenters. The number of aliphatic hydroxyl groups is 1. The van der Waals surface area contributed by atoms with Crippen LogP contribution in [0.5, 0.6) is 0 Å². The zero-order valence-corrected chi connectivity index (χ0v) is 9.29. The Kier molecular flexibility index (Phi) is 5.10. The summed E-state index contributed by atoms with van der Waals surface area (Å²) in [6.45, 7) is 0.171. The monoisotopic (exact) mass is 217 g/mol. The van der Waals surface area contributed by atoms with Gasteiger partial charge in [0, 0.05) is 31.2 Å². The van der Waals surface area contributed by atoms with E-state index in [1.54, 1.807) is 19.2 Å². The molecule has 0 heterocycles. The number of nitrogens with one attached hydrogen (secondary N) is 1. The Morgan fingerprint density at radius 2 is 2.06 bits per heavy atom. The van der Waals surface area contributed by atoms with Crippen LogP contribution in [0.25, 0.3) is 0 Å². The minimum atomic E-state index is -0.0974. The summed E-state index contributed by atoms with van der Waals surface area (Å²) in [6, 6.07) is 7.12. The highest BCUT2D eigenvalue weighted by Gasteiger charge is 2.00. The van der Waals surface area contributed by atoms with Gasteiger partial charge in [-0.15, -0.1) is 0 Å². The number of rotatable bonds is 3. The fourth-order valence-corrected chi connectivity index (χ4v) is 1.18. The van der Waals surface area contributed by atoms with Gasteiger partial charge in [-0.1, -0.05) is 11.8 Å². The van der Waals surface area contributed by atoms with E-state index in [-0.39, 0.29) is 12.5 Å². The lowest BCUT2D eigenvalue weighted by Gasteiger charge is -1.98. The fraction of sp³-hybridized carbons (Fsp3) is 0.308. The van der Waals surface area contributed by atoms with E-state index in [1.807, 2.05) is 12.1 Å². The Morgan fingerprint density at radius 3 is 2.62 bits per heavy atom. The molecule has 2 N–H and O–H groups in total. The highest BCUT2D eigenvalue weighted by atomic mass is 16.2. The minimum absolute atomic E-state index is 0.0974. The van der Waals surface area contributed by atoms with Crippen LogP contribution in [-0.2, 0) is 0 Å². The molecule has 1 rings (SSSR count). The second-order valence-electron chi connectivity index (χ2n) is 3.29. The van der Waals surface area contributed by atoms with E-state index in [1.165, 1.54) is 0 Å². The van der Waals surface area contributed by atoms with Crippen LogP contribution in [0.1, 0.15) is 28.8 Å². The van der Waals surface area contributed by atoms with Crippen LogP contribution in [0.3, 0.4) is 0 Å². The van der Waals surface area contributed by atoms with Crippen LogP contribution in [-0.4, -0.2) is 24.7 Å². The standard InChI is InChI=1S/C13H15NO2/c1-14-13(16)12-8-6-11(7-9-12)5-3-2-4-10-15/h6-9,15H,2,4,10H2,1H3,(H,14,16). The van der Waals surface area contributed by atoms with Gasteiger partial charge in [-0.25, -0.2) is 0 Å². The maximum atomic E-state index is 11.2. The number of benzene rings is 1. The lowest BCUT2D eigenvalue weighted by molar-refractivity contribution is 0.0963. The zero-order valence-electron chi connectivity index (χ0n) is 9.29. The summed E-state index contributed by atoms with van der Waals surface area (Å²) < 4.78 is 0. The number of hydrogen-bond donors (Lipinski definition) is 2. The molecule has 3 nitrogen and oxygen atoms in total. The van der Waals surface area contributed by atoms with E-state index in [4.69, 9.17) is 5.11 Å². The molecular weight excluding hydrogens is 202 g/mol. The molecule has 1 aromatic rings. The summed E-state index contributed by atoms with van der Waals surface area (Å²) in [6.07, 6.45) is 1.39. The average molecular weight is 217 g/mol. The van der Waals surface area contributed by atoms with Gasteiger partial charge in [0.15, 0.2) is 0 Å². The first kappa shape index (κ1) is 12.3. The largest absolute Gasteiger partial charge is 0.396 e. The Bertz CT molecular complexity index is 398. The van der Waals surface area contributed by atoms with Gasteiger partial charge in [-0.2, -0.15) is 0 Å². The summed E-state index contributed by atoms with van der Waals surface area (Å²) in [4.78, 5) is 11.2. The van der Waals surface area contributed by atoms with Gasteiger partial charge >= 0.3 is 0 Å². The van der Waals surface area contributed by atoms with Crippen molar-refractivity contribution >= 4 is 5.91 Å². The van der Waals surface area contributed by atoms with Crippen molar-refractivity contribution in [1.29, 1.82) is 0 Å². The highest BCUT2D eigenvalue weighted by molar-refractivity contribution is 5.94. The molecule has 0 bridgehead atoms. The van der Waals surface area contributed by atoms with Crippen molar-refractivity contribution < 1.29 is 9.90 Å². The molecule has 0 unspecified atom stereocenters. The Balaban J connectivity index is 2.63. The molecule has 0 saturated heterocycles. The second kappa shape index (κ2) is 6.65. The minimum Gasteiger partial charge on any atom is -0.396 e. The van der Waals surface area contributed by atoms with E-state index >= 15 is 0 Å². The van der Waals surface area contributed by atoms with Crippen molar-refractivity contribution in [2.45, 2.75) is 12.8 Å². The maximum absolute atomic E-state index is 11.2. The Hall–Kier alpha value is -1.79. The third-order valence-electron chi connectivity index (χ3n) is 2.07. The number of carbonyl (C=O) groups is 1. The molecule has 0 aromatic heterocycles. The predicted octanol–water partition coefficient (Wildman–Crippen LogP) is 1.17. The highest BCUT2D eigenvalue weighted by Crippen LogP contribution is 2.03. The molecule has 0 saturated carbocycles. The normalized spacial score (nSPS) is 9.12. The van der Waals surface area contributed by atoms with Gasteiger partial charge in [0.2, 0.25) is 0 Å². The summed E-state index contributed by atoms with van der Waals surface area (Å²) >= 11 is 0. The fourth-order valence-electron chi connectivity index (χ4n) is 1.18. The first-order valence-corrected chi connectivity index (χ1v) is 5.20. The molecule has 3 heteroatoms. The third kappa shape index (κ3) is 3.76. The summed E-state index contributed by atoms with van der Waals surface area (Å²) in [5, 5.41) is 11.1. The molecule has 0 radical (unpaired) electrons. The molecular formula is C13H15NO2. The van der Waals surface area contributed by atoms with E-state index in [0.717, 1.165) is 5.56 Å². The van der Waals surface area contributed by atoms with Crippen molar-refractivity contribution in [1.82, 2.24) is 5.32 Å². The lowest BCUT2D eigenvalue weighted by atomic mass is 10.1. The predicted molar refractivity (Wildman–Crippen MR) is 63.0 cm³/mol. The molecule has 84 valence electrons. The van der Waals surface area contributed by atoms with Gasteiger partial charge in [0.1, 0.15) is 0 Å². The topological polar surface area (TPSA) is 49.3 Å². The van der Waals surface area contributed by atoms with Crippen molar-refractivity contribution in [3.8, 4) is 11.8 Å². The molecule has 1 aromatic carbocycles. The smallest absolute Gasteiger partial charge is 0.251 e. The Morgan fingerprint density at radius 1 is 1.38 bits per heavy atom. The van der Waals surface area contributed by atoms with Crippen molar-refractivity contribution in [3.05, 3.63) is 35.4 Å². The average Bonchev–Trinajstić information content (AvgIpc) is 2.34. The van der Waals surface area contributed by atoms with Crippen LogP contribution in [0.2, 0.25) is 0 Å². The molecule has 0 aliphatic heterocycles. The van der Waals surface area contributed by atoms with E-state index in [2.05, 4.69) is 17.2 Å². The zero-order chi connectivity index (χ0) is 11.8. The van der Waals surface area contributed by atoms with E-state index < -0.39 is 0 Å². The quantitative estimate of drug-likeness (QED) is 0.590. The molecule has 0 aliphatic carbocycles. The number of hydrogen-bond acceptors (Lipinski definition) is 2. The van der Waals surface area contributed by atoms with Crippen LogP contribution in [0, 0.1) is 11.8 Å². The second-order valence-corrected chi connectivity index (χ2v) is 3.29. The SMILES string of the molecule is CNC(=O)c1ccc(C#CCCCO)cc1.